The Morgan fingerprint density at radius 1 is 1.19 bits per heavy atom. The summed E-state index contributed by atoms with van der Waals surface area (Å²) in [5, 5.41) is 15.3. The summed E-state index contributed by atoms with van der Waals surface area (Å²) in [5.41, 5.74) is 6.59. The van der Waals surface area contributed by atoms with Gasteiger partial charge in [0.25, 0.3) is 0 Å². The van der Waals surface area contributed by atoms with Gasteiger partial charge < -0.3 is 5.73 Å². The molecule has 0 aliphatic heterocycles. The number of aromatic nitrogens is 6. The van der Waals surface area contributed by atoms with E-state index in [4.69, 9.17) is 5.73 Å². The summed E-state index contributed by atoms with van der Waals surface area (Å²) in [7, 11) is 1.75. The zero-order valence-electron chi connectivity index (χ0n) is 11.2. The number of nitrogens with zero attached hydrogens (tertiary/aromatic N) is 6. The van der Waals surface area contributed by atoms with Crippen LogP contribution in [0.25, 0.3) is 17.1 Å². The van der Waals surface area contributed by atoms with Gasteiger partial charge in [-0.2, -0.15) is 9.78 Å². The molecular formula is C12H11F2N7. The first kappa shape index (κ1) is 13.2. The number of anilines is 1. The zero-order valence-corrected chi connectivity index (χ0v) is 11.2. The third-order valence-corrected chi connectivity index (χ3v) is 3.01. The lowest BCUT2D eigenvalue weighted by atomic mass is 10.1. The predicted octanol–water partition coefficient (Wildman–Crippen LogP) is 1.23. The number of nitrogen functional groups attached to an aromatic ring is 1. The quantitative estimate of drug-likeness (QED) is 0.717. The van der Waals surface area contributed by atoms with Crippen molar-refractivity contribution in [2.75, 3.05) is 5.73 Å². The van der Waals surface area contributed by atoms with Gasteiger partial charge in [-0.15, -0.1) is 5.10 Å². The van der Waals surface area contributed by atoms with Crippen molar-refractivity contribution < 1.29 is 8.78 Å². The van der Waals surface area contributed by atoms with Gasteiger partial charge in [-0.05, 0) is 23.4 Å². The summed E-state index contributed by atoms with van der Waals surface area (Å²) in [5.74, 6) is -1.50. The Morgan fingerprint density at radius 3 is 2.62 bits per heavy atom. The van der Waals surface area contributed by atoms with Gasteiger partial charge in [-0.25, -0.2) is 8.78 Å². The molecule has 0 radical (unpaired) electrons. The van der Waals surface area contributed by atoms with E-state index in [0.29, 0.717) is 17.4 Å². The lowest BCUT2D eigenvalue weighted by Crippen LogP contribution is -2.03. The average molecular weight is 291 g/mol. The molecule has 21 heavy (non-hydrogen) atoms. The monoisotopic (exact) mass is 291 g/mol. The standard InChI is InChI=1S/C12H11F2N7/c1-6-11(5-20(2)17-6)21-12(16-18-19-21)7-3-10(15)9(14)4-8(7)13/h3-5H,15H2,1-2H3. The van der Waals surface area contributed by atoms with E-state index in [1.807, 2.05) is 0 Å². The summed E-state index contributed by atoms with van der Waals surface area (Å²) < 4.78 is 30.1. The highest BCUT2D eigenvalue weighted by molar-refractivity contribution is 5.64. The van der Waals surface area contributed by atoms with Crippen LogP contribution in [0.2, 0.25) is 0 Å². The number of aryl methyl sites for hydroxylation is 2. The molecule has 2 N–H and O–H groups in total. The average Bonchev–Trinajstić information content (AvgIpc) is 3.00. The molecule has 2 heterocycles. The van der Waals surface area contributed by atoms with Crippen molar-refractivity contribution in [3.05, 3.63) is 35.7 Å². The number of hydrogen-bond acceptors (Lipinski definition) is 5. The van der Waals surface area contributed by atoms with Gasteiger partial charge in [0.1, 0.15) is 17.3 Å². The number of nitrogens with two attached hydrogens (primary N) is 1. The maximum atomic E-state index is 14.0. The molecule has 3 aromatic rings. The van der Waals surface area contributed by atoms with Gasteiger partial charge in [0.05, 0.1) is 23.1 Å². The maximum Gasteiger partial charge on any atom is 0.190 e. The molecule has 0 fully saturated rings. The lowest BCUT2D eigenvalue weighted by molar-refractivity contribution is 0.587. The Labute approximate surface area is 118 Å². The summed E-state index contributed by atoms with van der Waals surface area (Å²) >= 11 is 0. The predicted molar refractivity (Wildman–Crippen MR) is 70.4 cm³/mol. The van der Waals surface area contributed by atoms with Crippen molar-refractivity contribution in [3.8, 4) is 17.1 Å². The summed E-state index contributed by atoms with van der Waals surface area (Å²) in [6, 6.07) is 1.87. The number of halogens is 2. The van der Waals surface area contributed by atoms with E-state index in [1.165, 1.54) is 10.7 Å². The van der Waals surface area contributed by atoms with E-state index in [-0.39, 0.29) is 17.1 Å². The maximum absolute atomic E-state index is 14.0. The molecule has 0 aliphatic rings. The highest BCUT2D eigenvalue weighted by Crippen LogP contribution is 2.27. The second-order valence-electron chi connectivity index (χ2n) is 4.54. The molecular weight excluding hydrogens is 280 g/mol. The second-order valence-corrected chi connectivity index (χ2v) is 4.54. The fourth-order valence-electron chi connectivity index (χ4n) is 2.05. The summed E-state index contributed by atoms with van der Waals surface area (Å²) in [6.07, 6.45) is 1.69. The number of tetrazole rings is 1. The molecule has 0 unspecified atom stereocenters. The summed E-state index contributed by atoms with van der Waals surface area (Å²) in [4.78, 5) is 0. The first-order valence-electron chi connectivity index (χ1n) is 6.01. The number of benzene rings is 1. The molecule has 9 heteroatoms. The molecule has 0 saturated heterocycles. The molecule has 0 atom stereocenters. The molecule has 0 bridgehead atoms. The fraction of sp³-hybridized carbons (Fsp3) is 0.167. The molecule has 1 aromatic carbocycles. The van der Waals surface area contributed by atoms with E-state index in [2.05, 4.69) is 20.6 Å². The van der Waals surface area contributed by atoms with Crippen LogP contribution in [0, 0.1) is 18.6 Å². The Bertz CT molecular complexity index is 821. The van der Waals surface area contributed by atoms with E-state index < -0.39 is 11.6 Å². The van der Waals surface area contributed by atoms with Crippen molar-refractivity contribution in [1.82, 2.24) is 30.0 Å². The van der Waals surface area contributed by atoms with Gasteiger partial charge in [0.2, 0.25) is 0 Å². The van der Waals surface area contributed by atoms with Gasteiger partial charge in [-0.1, -0.05) is 0 Å². The molecule has 2 aromatic heterocycles. The normalized spacial score (nSPS) is 11.0. The molecule has 0 amide bonds. The SMILES string of the molecule is Cc1nn(C)cc1-n1nnnc1-c1cc(N)c(F)cc1F. The highest BCUT2D eigenvalue weighted by Gasteiger charge is 2.19. The highest BCUT2D eigenvalue weighted by atomic mass is 19.1. The van der Waals surface area contributed by atoms with Crippen molar-refractivity contribution >= 4 is 5.69 Å². The topological polar surface area (TPSA) is 87.4 Å². The number of hydrogen-bond donors (Lipinski definition) is 1. The molecule has 0 aliphatic carbocycles. The third kappa shape index (κ3) is 2.12. The second kappa shape index (κ2) is 4.62. The molecule has 3 rings (SSSR count). The van der Waals surface area contributed by atoms with E-state index in [9.17, 15) is 8.78 Å². The van der Waals surface area contributed by atoms with Crippen LogP contribution in [0.15, 0.2) is 18.3 Å². The Kier molecular flexibility index (Phi) is 2.89. The minimum absolute atomic E-state index is 0.0159. The molecule has 0 spiro atoms. The third-order valence-electron chi connectivity index (χ3n) is 3.01. The Morgan fingerprint density at radius 2 is 1.95 bits per heavy atom. The van der Waals surface area contributed by atoms with Crippen LogP contribution in [-0.2, 0) is 7.05 Å². The molecule has 0 saturated carbocycles. The van der Waals surface area contributed by atoms with Crippen molar-refractivity contribution in [2.24, 2.45) is 7.05 Å². The van der Waals surface area contributed by atoms with E-state index in [1.54, 1.807) is 24.9 Å². The Hall–Kier alpha value is -2.84. The Balaban J connectivity index is 2.20. The largest absolute Gasteiger partial charge is 0.396 e. The van der Waals surface area contributed by atoms with Crippen LogP contribution in [0.4, 0.5) is 14.5 Å². The van der Waals surface area contributed by atoms with Gasteiger partial charge in [-0.3, -0.25) is 4.68 Å². The summed E-state index contributed by atoms with van der Waals surface area (Å²) in [6.45, 7) is 1.77. The van der Waals surface area contributed by atoms with E-state index >= 15 is 0 Å². The smallest absolute Gasteiger partial charge is 0.190 e. The van der Waals surface area contributed by atoms with Gasteiger partial charge >= 0.3 is 0 Å². The first-order valence-corrected chi connectivity index (χ1v) is 6.01. The molecule has 7 nitrogen and oxygen atoms in total. The van der Waals surface area contributed by atoms with Crippen LogP contribution in [0.5, 0.6) is 0 Å². The van der Waals surface area contributed by atoms with Gasteiger partial charge in [0, 0.05) is 13.1 Å². The van der Waals surface area contributed by atoms with Crippen molar-refractivity contribution in [1.29, 1.82) is 0 Å². The van der Waals surface area contributed by atoms with Crippen LogP contribution >= 0.6 is 0 Å². The van der Waals surface area contributed by atoms with Crippen LogP contribution < -0.4 is 5.73 Å². The zero-order chi connectivity index (χ0) is 15.1. The number of rotatable bonds is 2. The van der Waals surface area contributed by atoms with Gasteiger partial charge in [0.15, 0.2) is 5.82 Å². The van der Waals surface area contributed by atoms with Crippen molar-refractivity contribution in [2.45, 2.75) is 6.92 Å². The lowest BCUT2D eigenvalue weighted by Gasteiger charge is -2.06. The van der Waals surface area contributed by atoms with E-state index in [0.717, 1.165) is 0 Å². The van der Waals surface area contributed by atoms with Crippen LogP contribution in [0.1, 0.15) is 5.69 Å². The minimum atomic E-state index is -0.826. The minimum Gasteiger partial charge on any atom is -0.396 e. The van der Waals surface area contributed by atoms with Crippen molar-refractivity contribution in [3.63, 3.8) is 0 Å². The van der Waals surface area contributed by atoms with Crippen LogP contribution in [0.3, 0.4) is 0 Å². The van der Waals surface area contributed by atoms with Crippen LogP contribution in [-0.4, -0.2) is 30.0 Å². The molecule has 108 valence electrons. The first-order chi connectivity index (χ1) is 9.97. The fourth-order valence-corrected chi connectivity index (χ4v) is 2.05.